The average Bonchev–Trinajstić information content (AvgIpc) is 3.29. The largest absolute Gasteiger partial charge is 0.450 e. The Morgan fingerprint density at radius 1 is 1.10 bits per heavy atom. The number of carbonyl (C=O) groups excluding carboxylic acids is 1. The number of benzene rings is 2. The van der Waals surface area contributed by atoms with Gasteiger partial charge in [-0.3, -0.25) is 24.6 Å². The molecule has 0 N–H and O–H groups in total. The van der Waals surface area contributed by atoms with E-state index in [0.717, 1.165) is 0 Å². The van der Waals surface area contributed by atoms with Crippen LogP contribution >= 0.6 is 0 Å². The van der Waals surface area contributed by atoms with E-state index in [1.165, 1.54) is 23.1 Å². The molecule has 30 heavy (non-hydrogen) atoms. The van der Waals surface area contributed by atoms with Crippen molar-refractivity contribution in [2.45, 2.75) is 13.0 Å². The van der Waals surface area contributed by atoms with E-state index in [1.54, 1.807) is 43.3 Å². The number of anilines is 1. The lowest BCUT2D eigenvalue weighted by Gasteiger charge is -2.22. The van der Waals surface area contributed by atoms with Gasteiger partial charge in [0.1, 0.15) is 11.3 Å². The van der Waals surface area contributed by atoms with Gasteiger partial charge in [0.25, 0.3) is 11.6 Å². The number of aryl methyl sites for hydroxylation is 1. The van der Waals surface area contributed by atoms with E-state index in [1.807, 2.05) is 0 Å². The summed E-state index contributed by atoms with van der Waals surface area (Å²) in [5.41, 5.74) is 0.249. The summed E-state index contributed by atoms with van der Waals surface area (Å²) in [5, 5.41) is 15.5. The lowest BCUT2D eigenvalue weighted by atomic mass is 9.98. The zero-order valence-corrected chi connectivity index (χ0v) is 15.6. The number of aromatic nitrogens is 1. The molecule has 0 fully saturated rings. The second-order valence-corrected chi connectivity index (χ2v) is 6.90. The molecule has 0 saturated carbocycles. The van der Waals surface area contributed by atoms with E-state index in [0.29, 0.717) is 16.7 Å². The molecule has 9 heteroatoms. The third-order valence-electron chi connectivity index (χ3n) is 5.04. The molecule has 5 rings (SSSR count). The number of non-ortho nitro benzene ring substituents is 1. The highest BCUT2D eigenvalue weighted by Gasteiger charge is 2.45. The van der Waals surface area contributed by atoms with Crippen molar-refractivity contribution >= 4 is 28.4 Å². The zero-order chi connectivity index (χ0) is 21.0. The third-order valence-corrected chi connectivity index (χ3v) is 5.04. The van der Waals surface area contributed by atoms with Crippen molar-refractivity contribution in [1.29, 1.82) is 0 Å². The number of nitro groups is 1. The van der Waals surface area contributed by atoms with Gasteiger partial charge in [-0.05, 0) is 24.6 Å². The Bertz CT molecular complexity index is 1400. The lowest BCUT2D eigenvalue weighted by Crippen LogP contribution is -2.29. The van der Waals surface area contributed by atoms with Crippen molar-refractivity contribution in [3.63, 3.8) is 0 Å². The normalized spacial score (nSPS) is 15.6. The molecule has 0 spiro atoms. The smallest absolute Gasteiger partial charge is 0.296 e. The van der Waals surface area contributed by atoms with Crippen LogP contribution in [0.1, 0.15) is 33.5 Å². The molecule has 2 aromatic carbocycles. The van der Waals surface area contributed by atoms with Gasteiger partial charge in [0.2, 0.25) is 5.76 Å². The van der Waals surface area contributed by atoms with Gasteiger partial charge in [-0.25, -0.2) is 0 Å². The summed E-state index contributed by atoms with van der Waals surface area (Å²) < 4.78 is 10.9. The van der Waals surface area contributed by atoms with E-state index < -0.39 is 16.9 Å². The summed E-state index contributed by atoms with van der Waals surface area (Å²) in [6, 6.07) is 13.0. The van der Waals surface area contributed by atoms with Crippen LogP contribution in [0.5, 0.6) is 0 Å². The van der Waals surface area contributed by atoms with Crippen LogP contribution < -0.4 is 10.3 Å². The van der Waals surface area contributed by atoms with E-state index in [2.05, 4.69) is 5.16 Å². The molecule has 1 aliphatic heterocycles. The highest BCUT2D eigenvalue weighted by atomic mass is 16.6. The number of para-hydroxylation sites is 1. The molecule has 1 atom stereocenters. The van der Waals surface area contributed by atoms with Crippen LogP contribution in [0, 0.1) is 17.0 Å². The molecule has 0 unspecified atom stereocenters. The molecular formula is C21H13N3O6. The average molecular weight is 403 g/mol. The maximum atomic E-state index is 13.3. The number of fused-ring (bicyclic) bond motifs is 2. The van der Waals surface area contributed by atoms with Gasteiger partial charge in [-0.2, -0.15) is 0 Å². The van der Waals surface area contributed by atoms with Gasteiger partial charge >= 0.3 is 0 Å². The maximum absolute atomic E-state index is 13.3. The van der Waals surface area contributed by atoms with Crippen LogP contribution in [-0.4, -0.2) is 16.0 Å². The molecule has 1 aliphatic rings. The fraction of sp³-hybridized carbons (Fsp3) is 0.0952. The van der Waals surface area contributed by atoms with E-state index >= 15 is 0 Å². The molecule has 0 bridgehead atoms. The number of hydrogen-bond acceptors (Lipinski definition) is 7. The molecule has 148 valence electrons. The fourth-order valence-corrected chi connectivity index (χ4v) is 3.75. The summed E-state index contributed by atoms with van der Waals surface area (Å²) in [6.45, 7) is 1.67. The summed E-state index contributed by atoms with van der Waals surface area (Å²) in [6.07, 6.45) is 0. The Balaban J connectivity index is 1.82. The Morgan fingerprint density at radius 2 is 1.90 bits per heavy atom. The van der Waals surface area contributed by atoms with E-state index in [4.69, 9.17) is 8.94 Å². The Kier molecular flexibility index (Phi) is 3.78. The number of amides is 1. The zero-order valence-electron chi connectivity index (χ0n) is 15.6. The van der Waals surface area contributed by atoms with Gasteiger partial charge in [-0.1, -0.05) is 29.4 Å². The van der Waals surface area contributed by atoms with Crippen molar-refractivity contribution in [1.82, 2.24) is 5.16 Å². The summed E-state index contributed by atoms with van der Waals surface area (Å²) in [7, 11) is 0. The number of nitrogens with zero attached hydrogens (tertiary/aromatic N) is 3. The van der Waals surface area contributed by atoms with Crippen molar-refractivity contribution < 1.29 is 18.7 Å². The van der Waals surface area contributed by atoms with Crippen LogP contribution in [0.25, 0.3) is 11.0 Å². The molecule has 0 saturated heterocycles. The third kappa shape index (κ3) is 2.52. The van der Waals surface area contributed by atoms with Crippen LogP contribution in [-0.2, 0) is 0 Å². The molecule has 0 aliphatic carbocycles. The predicted molar refractivity (Wildman–Crippen MR) is 105 cm³/mol. The number of nitro benzene ring substituents is 1. The standard InChI is InChI=1S/C21H13N3O6/c1-11-9-16(22-30-11)23-18(12-5-4-6-13(10-12)24(27)28)17-19(25)14-7-2-3-8-15(14)29-20(17)21(23)26/h2-10,18H,1H3/t18-/m0/s1. The van der Waals surface area contributed by atoms with Crippen LogP contribution in [0.4, 0.5) is 11.5 Å². The predicted octanol–water partition coefficient (Wildman–Crippen LogP) is 3.75. The van der Waals surface area contributed by atoms with Crippen molar-refractivity contribution in [2.75, 3.05) is 4.90 Å². The Labute approximate surface area is 168 Å². The van der Waals surface area contributed by atoms with Gasteiger partial charge < -0.3 is 8.94 Å². The highest BCUT2D eigenvalue weighted by molar-refractivity contribution is 6.10. The summed E-state index contributed by atoms with van der Waals surface area (Å²) in [5.74, 6) is -0.0339. The molecule has 0 radical (unpaired) electrons. The molecular weight excluding hydrogens is 390 g/mol. The monoisotopic (exact) mass is 403 g/mol. The van der Waals surface area contributed by atoms with Crippen molar-refractivity contribution in [3.8, 4) is 0 Å². The maximum Gasteiger partial charge on any atom is 0.296 e. The number of hydrogen-bond donors (Lipinski definition) is 0. The van der Waals surface area contributed by atoms with Gasteiger partial charge in [0.05, 0.1) is 21.9 Å². The van der Waals surface area contributed by atoms with Crippen LogP contribution in [0.2, 0.25) is 0 Å². The highest BCUT2D eigenvalue weighted by Crippen LogP contribution is 2.41. The van der Waals surface area contributed by atoms with Crippen LogP contribution in [0.3, 0.4) is 0 Å². The minimum Gasteiger partial charge on any atom is -0.450 e. The molecule has 1 amide bonds. The number of carbonyl (C=O) groups is 1. The first-order valence-electron chi connectivity index (χ1n) is 9.02. The van der Waals surface area contributed by atoms with Gasteiger partial charge in [-0.15, -0.1) is 0 Å². The fourth-order valence-electron chi connectivity index (χ4n) is 3.75. The summed E-state index contributed by atoms with van der Waals surface area (Å²) in [4.78, 5) is 38.6. The second kappa shape index (κ2) is 6.38. The van der Waals surface area contributed by atoms with Crippen molar-refractivity contribution in [2.24, 2.45) is 0 Å². The molecule has 3 heterocycles. The Morgan fingerprint density at radius 3 is 2.63 bits per heavy atom. The molecule has 2 aromatic heterocycles. The summed E-state index contributed by atoms with van der Waals surface area (Å²) >= 11 is 0. The Hall–Kier alpha value is -4.27. The first-order chi connectivity index (χ1) is 14.5. The van der Waals surface area contributed by atoms with Gasteiger partial charge in [0.15, 0.2) is 11.2 Å². The lowest BCUT2D eigenvalue weighted by molar-refractivity contribution is -0.384. The minimum atomic E-state index is -0.947. The molecule has 9 nitrogen and oxygen atoms in total. The SMILES string of the molecule is Cc1cc(N2C(=O)c3oc4ccccc4c(=O)c3[C@@H]2c2cccc([N+](=O)[O-])c2)no1. The number of rotatable bonds is 3. The second-order valence-electron chi connectivity index (χ2n) is 6.90. The topological polar surface area (TPSA) is 120 Å². The van der Waals surface area contributed by atoms with E-state index in [9.17, 15) is 19.7 Å². The molecule has 4 aromatic rings. The van der Waals surface area contributed by atoms with Crippen LogP contribution in [0.15, 0.2) is 68.3 Å². The van der Waals surface area contributed by atoms with Crippen molar-refractivity contribution in [3.05, 3.63) is 97.6 Å². The quantitative estimate of drug-likeness (QED) is 0.377. The van der Waals surface area contributed by atoms with E-state index in [-0.39, 0.29) is 33.8 Å². The van der Waals surface area contributed by atoms with Gasteiger partial charge in [0, 0.05) is 18.2 Å². The first-order valence-corrected chi connectivity index (χ1v) is 9.02. The minimum absolute atomic E-state index is 0.111. The first kappa shape index (κ1) is 17.8.